The van der Waals surface area contributed by atoms with Crippen LogP contribution in [0.3, 0.4) is 0 Å². The maximum absolute atomic E-state index is 14.0. The van der Waals surface area contributed by atoms with Crippen molar-refractivity contribution in [2.24, 2.45) is 0 Å². The van der Waals surface area contributed by atoms with Gasteiger partial charge < -0.3 is 20.2 Å². The zero-order valence-electron chi connectivity index (χ0n) is 16.7. The first-order valence-electron chi connectivity index (χ1n) is 9.87. The number of amides is 1. The van der Waals surface area contributed by atoms with Crippen LogP contribution in [0.1, 0.15) is 20.7 Å². The maximum Gasteiger partial charge on any atom is 0.335 e. The van der Waals surface area contributed by atoms with Crippen LogP contribution in [0.5, 0.6) is 0 Å². The summed E-state index contributed by atoms with van der Waals surface area (Å²) in [7, 11) is 0. The highest BCUT2D eigenvalue weighted by atomic mass is 19.1. The van der Waals surface area contributed by atoms with Crippen LogP contribution in [-0.2, 0) is 0 Å². The Bertz CT molecular complexity index is 1100. The van der Waals surface area contributed by atoms with E-state index in [0.29, 0.717) is 24.5 Å². The molecule has 31 heavy (non-hydrogen) atoms. The number of carbonyl (C=O) groups excluding carboxylic acids is 1. The molecule has 1 amide bonds. The third kappa shape index (κ3) is 4.48. The molecule has 1 aliphatic rings. The lowest BCUT2D eigenvalue weighted by atomic mass is 10.1. The highest BCUT2D eigenvalue weighted by molar-refractivity contribution is 6.07. The number of carbonyl (C=O) groups is 2. The predicted molar refractivity (Wildman–Crippen MR) is 116 cm³/mol. The molecule has 4 rings (SSSR count). The van der Waals surface area contributed by atoms with Gasteiger partial charge in [0.05, 0.1) is 22.5 Å². The van der Waals surface area contributed by atoms with E-state index in [1.807, 2.05) is 18.2 Å². The molecule has 1 aromatic heterocycles. The van der Waals surface area contributed by atoms with Crippen molar-refractivity contribution in [2.75, 3.05) is 41.3 Å². The van der Waals surface area contributed by atoms with Crippen LogP contribution in [0, 0.1) is 5.82 Å². The Balaban J connectivity index is 1.57. The Kier molecular flexibility index (Phi) is 5.79. The van der Waals surface area contributed by atoms with Gasteiger partial charge in [-0.3, -0.25) is 4.79 Å². The van der Waals surface area contributed by atoms with E-state index in [-0.39, 0.29) is 11.1 Å². The zero-order chi connectivity index (χ0) is 21.8. The number of aromatic carboxylic acids is 1. The summed E-state index contributed by atoms with van der Waals surface area (Å²) in [5.74, 6) is -1.47. The quantitative estimate of drug-likeness (QED) is 0.657. The van der Waals surface area contributed by atoms with Gasteiger partial charge in [0.25, 0.3) is 5.91 Å². The number of pyridine rings is 1. The number of anilines is 3. The van der Waals surface area contributed by atoms with Crippen molar-refractivity contribution in [1.82, 2.24) is 4.98 Å². The van der Waals surface area contributed by atoms with E-state index in [9.17, 15) is 19.1 Å². The van der Waals surface area contributed by atoms with Crippen LogP contribution in [0.15, 0.2) is 66.9 Å². The molecule has 2 aromatic carbocycles. The third-order valence-electron chi connectivity index (χ3n) is 5.20. The number of carboxylic acids is 1. The number of halogens is 1. The summed E-state index contributed by atoms with van der Waals surface area (Å²) in [6, 6.07) is 16.0. The maximum atomic E-state index is 14.0. The molecule has 1 saturated heterocycles. The van der Waals surface area contributed by atoms with E-state index in [0.717, 1.165) is 18.9 Å². The van der Waals surface area contributed by atoms with Crippen LogP contribution in [-0.4, -0.2) is 48.1 Å². The molecule has 2 N–H and O–H groups in total. The number of piperazine rings is 1. The van der Waals surface area contributed by atoms with Gasteiger partial charge in [-0.2, -0.15) is 0 Å². The molecule has 0 unspecified atom stereocenters. The fraction of sp³-hybridized carbons (Fsp3) is 0.174. The van der Waals surface area contributed by atoms with Gasteiger partial charge in [-0.05, 0) is 42.5 Å². The molecule has 0 aliphatic carbocycles. The average molecular weight is 420 g/mol. The lowest BCUT2D eigenvalue weighted by Crippen LogP contribution is -2.47. The summed E-state index contributed by atoms with van der Waals surface area (Å²) in [5.41, 5.74) is 0.962. The molecule has 0 saturated carbocycles. The average Bonchev–Trinajstić information content (AvgIpc) is 2.80. The van der Waals surface area contributed by atoms with Crippen LogP contribution in [0.25, 0.3) is 0 Å². The molecular formula is C23H21FN4O3. The van der Waals surface area contributed by atoms with Crippen molar-refractivity contribution < 1.29 is 19.1 Å². The van der Waals surface area contributed by atoms with E-state index in [2.05, 4.69) is 20.1 Å². The summed E-state index contributed by atoms with van der Waals surface area (Å²) in [6.07, 6.45) is 1.75. The minimum absolute atomic E-state index is 0.0414. The lowest BCUT2D eigenvalue weighted by Gasteiger charge is -2.37. The van der Waals surface area contributed by atoms with Gasteiger partial charge in [0.1, 0.15) is 11.6 Å². The van der Waals surface area contributed by atoms with Gasteiger partial charge >= 0.3 is 5.97 Å². The fourth-order valence-corrected chi connectivity index (χ4v) is 3.60. The SMILES string of the molecule is O=C(O)c1ccc(N2CCN(c3ccccn3)CC2)c(NC(=O)c2ccccc2F)c1. The van der Waals surface area contributed by atoms with Crippen molar-refractivity contribution in [3.05, 3.63) is 83.8 Å². The first-order chi connectivity index (χ1) is 15.0. The second kappa shape index (κ2) is 8.83. The number of benzene rings is 2. The van der Waals surface area contributed by atoms with Crippen molar-refractivity contribution in [2.45, 2.75) is 0 Å². The van der Waals surface area contributed by atoms with Gasteiger partial charge in [0, 0.05) is 32.4 Å². The highest BCUT2D eigenvalue weighted by Gasteiger charge is 2.22. The molecule has 0 spiro atoms. The largest absolute Gasteiger partial charge is 0.478 e. The fourth-order valence-electron chi connectivity index (χ4n) is 3.60. The first-order valence-corrected chi connectivity index (χ1v) is 9.87. The molecule has 158 valence electrons. The number of hydrogen-bond donors (Lipinski definition) is 2. The number of rotatable bonds is 5. The number of aromatic nitrogens is 1. The van der Waals surface area contributed by atoms with E-state index in [4.69, 9.17) is 0 Å². The summed E-state index contributed by atoms with van der Waals surface area (Å²) in [4.78, 5) is 32.7. The monoisotopic (exact) mass is 420 g/mol. The summed E-state index contributed by atoms with van der Waals surface area (Å²) in [6.45, 7) is 2.76. The van der Waals surface area contributed by atoms with Gasteiger partial charge in [0.15, 0.2) is 0 Å². The molecule has 1 fully saturated rings. The number of nitrogens with one attached hydrogen (secondary N) is 1. The zero-order valence-corrected chi connectivity index (χ0v) is 16.7. The Labute approximate surface area is 178 Å². The second-order valence-electron chi connectivity index (χ2n) is 7.13. The Morgan fingerprint density at radius 2 is 1.65 bits per heavy atom. The van der Waals surface area contributed by atoms with Crippen LogP contribution in [0.4, 0.5) is 21.6 Å². The smallest absolute Gasteiger partial charge is 0.335 e. The van der Waals surface area contributed by atoms with Crippen molar-refractivity contribution >= 4 is 29.1 Å². The Morgan fingerprint density at radius 3 is 2.32 bits per heavy atom. The summed E-state index contributed by atoms with van der Waals surface area (Å²) in [5, 5.41) is 12.1. The van der Waals surface area contributed by atoms with Crippen LogP contribution in [0.2, 0.25) is 0 Å². The molecule has 8 heteroatoms. The molecule has 1 aliphatic heterocycles. The standard InChI is InChI=1S/C23H21FN4O3/c24-18-6-2-1-5-17(18)22(29)26-19-15-16(23(30)31)8-9-20(19)27-11-13-28(14-12-27)21-7-3-4-10-25-21/h1-10,15H,11-14H2,(H,26,29)(H,30,31). The molecule has 0 bridgehead atoms. The van der Waals surface area contributed by atoms with Gasteiger partial charge in [0.2, 0.25) is 0 Å². The number of carboxylic acid groups (broad SMARTS) is 1. The first kappa shape index (κ1) is 20.3. The lowest BCUT2D eigenvalue weighted by molar-refractivity contribution is 0.0696. The Hall–Kier alpha value is -3.94. The van der Waals surface area contributed by atoms with Gasteiger partial charge in [-0.15, -0.1) is 0 Å². The van der Waals surface area contributed by atoms with E-state index >= 15 is 0 Å². The van der Waals surface area contributed by atoms with E-state index in [1.54, 1.807) is 18.3 Å². The molecule has 0 atom stereocenters. The number of hydrogen-bond acceptors (Lipinski definition) is 5. The second-order valence-corrected chi connectivity index (χ2v) is 7.13. The number of nitrogens with zero attached hydrogens (tertiary/aromatic N) is 3. The topological polar surface area (TPSA) is 85.8 Å². The molecule has 7 nitrogen and oxygen atoms in total. The van der Waals surface area contributed by atoms with Gasteiger partial charge in [-0.25, -0.2) is 14.2 Å². The van der Waals surface area contributed by atoms with Gasteiger partial charge in [-0.1, -0.05) is 18.2 Å². The molecule has 2 heterocycles. The van der Waals surface area contributed by atoms with Crippen molar-refractivity contribution in [1.29, 1.82) is 0 Å². The third-order valence-corrected chi connectivity index (χ3v) is 5.20. The molecule has 3 aromatic rings. The van der Waals surface area contributed by atoms with Crippen molar-refractivity contribution in [3.63, 3.8) is 0 Å². The van der Waals surface area contributed by atoms with Crippen LogP contribution < -0.4 is 15.1 Å². The minimum Gasteiger partial charge on any atom is -0.478 e. The predicted octanol–water partition coefficient (Wildman–Crippen LogP) is 3.50. The highest BCUT2D eigenvalue weighted by Crippen LogP contribution is 2.29. The summed E-state index contributed by atoms with van der Waals surface area (Å²) < 4.78 is 14.0. The molecule has 0 radical (unpaired) electrons. The normalized spacial score (nSPS) is 13.7. The Morgan fingerprint density at radius 1 is 0.935 bits per heavy atom. The molecular weight excluding hydrogens is 399 g/mol. The van der Waals surface area contributed by atoms with E-state index < -0.39 is 17.7 Å². The van der Waals surface area contributed by atoms with Crippen LogP contribution >= 0.6 is 0 Å². The van der Waals surface area contributed by atoms with E-state index in [1.165, 1.54) is 30.3 Å². The van der Waals surface area contributed by atoms with Crippen molar-refractivity contribution in [3.8, 4) is 0 Å². The summed E-state index contributed by atoms with van der Waals surface area (Å²) >= 11 is 0. The minimum atomic E-state index is -1.10.